The van der Waals surface area contributed by atoms with E-state index in [2.05, 4.69) is 36.2 Å². The van der Waals surface area contributed by atoms with Gasteiger partial charge in [-0.3, -0.25) is 0 Å². The van der Waals surface area contributed by atoms with Gasteiger partial charge in [-0.2, -0.15) is 0 Å². The Morgan fingerprint density at radius 2 is 1.93 bits per heavy atom. The lowest BCUT2D eigenvalue weighted by atomic mass is 10.1. The number of hydrogen-bond donors (Lipinski definition) is 0. The monoisotopic (exact) mass is 203 g/mol. The maximum absolute atomic E-state index is 4.25. The molecule has 2 aromatic rings. The van der Waals surface area contributed by atoms with Crippen molar-refractivity contribution in [3.05, 3.63) is 41.0 Å². The van der Waals surface area contributed by atoms with E-state index in [0.29, 0.717) is 0 Å². The largest absolute Gasteiger partial charge is 0.249 e. The summed E-state index contributed by atoms with van der Waals surface area (Å²) in [6.07, 6.45) is 3.04. The van der Waals surface area contributed by atoms with E-state index in [1.54, 1.807) is 11.3 Å². The van der Waals surface area contributed by atoms with Crippen LogP contribution in [0, 0.1) is 6.92 Å². The molecule has 0 atom stereocenters. The molecule has 0 amide bonds. The molecule has 0 aliphatic carbocycles. The molecule has 0 spiro atoms. The number of aryl methyl sites for hydroxylation is 2. The van der Waals surface area contributed by atoms with Crippen LogP contribution in [0.3, 0.4) is 0 Å². The molecule has 0 saturated heterocycles. The minimum Gasteiger partial charge on any atom is -0.249 e. The van der Waals surface area contributed by atoms with Gasteiger partial charge in [-0.05, 0) is 24.5 Å². The number of benzene rings is 1. The lowest BCUT2D eigenvalue weighted by molar-refractivity contribution is 1.14. The predicted octanol–water partition coefficient (Wildman–Crippen LogP) is 3.68. The van der Waals surface area contributed by atoms with Gasteiger partial charge in [0.15, 0.2) is 0 Å². The Bertz CT molecular complexity index is 414. The Morgan fingerprint density at radius 1 is 1.21 bits per heavy atom. The van der Waals surface area contributed by atoms with Gasteiger partial charge >= 0.3 is 0 Å². The molecule has 2 heteroatoms. The van der Waals surface area contributed by atoms with Gasteiger partial charge in [0.25, 0.3) is 0 Å². The summed E-state index contributed by atoms with van der Waals surface area (Å²) in [6.45, 7) is 4.21. The molecule has 0 bridgehead atoms. The van der Waals surface area contributed by atoms with Crippen LogP contribution in [0.25, 0.3) is 10.4 Å². The van der Waals surface area contributed by atoms with E-state index >= 15 is 0 Å². The minimum atomic E-state index is 1.10. The second-order valence-corrected chi connectivity index (χ2v) is 4.53. The van der Waals surface area contributed by atoms with Gasteiger partial charge in [0, 0.05) is 6.20 Å². The van der Waals surface area contributed by atoms with Gasteiger partial charge in [-0.15, -0.1) is 11.3 Å². The third kappa shape index (κ3) is 1.85. The highest BCUT2D eigenvalue weighted by Gasteiger charge is 2.00. The van der Waals surface area contributed by atoms with Crippen LogP contribution >= 0.6 is 11.3 Å². The normalized spacial score (nSPS) is 10.4. The highest BCUT2D eigenvalue weighted by atomic mass is 32.1. The van der Waals surface area contributed by atoms with Crippen molar-refractivity contribution < 1.29 is 0 Å². The molecule has 1 aromatic heterocycles. The van der Waals surface area contributed by atoms with Crippen molar-refractivity contribution in [3.63, 3.8) is 0 Å². The second-order valence-electron chi connectivity index (χ2n) is 3.29. The summed E-state index contributed by atoms with van der Waals surface area (Å²) < 4.78 is 0. The topological polar surface area (TPSA) is 12.9 Å². The van der Waals surface area contributed by atoms with Crippen LogP contribution < -0.4 is 0 Å². The Hall–Kier alpha value is -1.15. The van der Waals surface area contributed by atoms with Gasteiger partial charge < -0.3 is 0 Å². The van der Waals surface area contributed by atoms with Crippen LogP contribution in [0.15, 0.2) is 30.5 Å². The zero-order chi connectivity index (χ0) is 9.97. The van der Waals surface area contributed by atoms with E-state index in [0.717, 1.165) is 11.4 Å². The fourth-order valence-corrected chi connectivity index (χ4v) is 2.18. The molecular formula is C12H13NS. The fourth-order valence-electron chi connectivity index (χ4n) is 1.40. The number of hydrogen-bond acceptors (Lipinski definition) is 2. The fraction of sp³-hybridized carbons (Fsp3) is 0.250. The molecule has 0 aliphatic heterocycles. The third-order valence-electron chi connectivity index (χ3n) is 2.27. The smallest absolute Gasteiger partial charge is 0.0900 e. The molecule has 2 rings (SSSR count). The average Bonchev–Trinajstić information content (AvgIpc) is 2.65. The number of rotatable bonds is 2. The molecule has 0 aliphatic rings. The maximum Gasteiger partial charge on any atom is 0.0900 e. The first-order valence-electron chi connectivity index (χ1n) is 4.81. The Labute approximate surface area is 88.4 Å². The highest BCUT2D eigenvalue weighted by Crippen LogP contribution is 2.25. The molecule has 0 radical (unpaired) electrons. The molecule has 0 fully saturated rings. The summed E-state index contributed by atoms with van der Waals surface area (Å²) in [5, 5.41) is 1.12. The van der Waals surface area contributed by atoms with Crippen molar-refractivity contribution >= 4 is 11.3 Å². The van der Waals surface area contributed by atoms with Crippen LogP contribution in [0.2, 0.25) is 0 Å². The first-order chi connectivity index (χ1) is 6.79. The van der Waals surface area contributed by atoms with E-state index < -0.39 is 0 Å². The average molecular weight is 203 g/mol. The predicted molar refractivity (Wildman–Crippen MR) is 61.7 cm³/mol. The third-order valence-corrected chi connectivity index (χ3v) is 3.23. The highest BCUT2D eigenvalue weighted by molar-refractivity contribution is 7.15. The number of thiazole rings is 1. The van der Waals surface area contributed by atoms with Crippen LogP contribution in [-0.4, -0.2) is 4.98 Å². The Morgan fingerprint density at radius 3 is 2.43 bits per heavy atom. The van der Waals surface area contributed by atoms with Crippen molar-refractivity contribution in [1.82, 2.24) is 4.98 Å². The van der Waals surface area contributed by atoms with E-state index in [-0.39, 0.29) is 0 Å². The van der Waals surface area contributed by atoms with Gasteiger partial charge in [0.1, 0.15) is 0 Å². The first kappa shape index (κ1) is 9.41. The molecule has 0 unspecified atom stereocenters. The summed E-state index contributed by atoms with van der Waals surface area (Å²) in [5.74, 6) is 0. The van der Waals surface area contributed by atoms with Crippen molar-refractivity contribution in [3.8, 4) is 10.4 Å². The Kier molecular flexibility index (Phi) is 2.64. The molecular weight excluding hydrogens is 190 g/mol. The Balaban J connectivity index is 2.33. The maximum atomic E-state index is 4.25. The van der Waals surface area contributed by atoms with E-state index in [1.807, 2.05) is 13.1 Å². The van der Waals surface area contributed by atoms with Crippen LogP contribution in [0.4, 0.5) is 0 Å². The SMILES string of the molecule is CCc1ccc(-c2cnc(C)s2)cc1. The van der Waals surface area contributed by atoms with Crippen molar-refractivity contribution in [1.29, 1.82) is 0 Å². The lowest BCUT2D eigenvalue weighted by Crippen LogP contribution is -1.78. The summed E-state index contributed by atoms with van der Waals surface area (Å²) in [6, 6.07) is 8.71. The van der Waals surface area contributed by atoms with Crippen LogP contribution in [0.5, 0.6) is 0 Å². The van der Waals surface area contributed by atoms with Gasteiger partial charge in [0.05, 0.1) is 9.88 Å². The summed E-state index contributed by atoms with van der Waals surface area (Å²) in [4.78, 5) is 5.51. The van der Waals surface area contributed by atoms with E-state index in [9.17, 15) is 0 Å². The second kappa shape index (κ2) is 3.93. The molecule has 1 nitrogen and oxygen atoms in total. The van der Waals surface area contributed by atoms with Gasteiger partial charge in [0.2, 0.25) is 0 Å². The molecule has 1 heterocycles. The zero-order valence-corrected chi connectivity index (χ0v) is 9.27. The van der Waals surface area contributed by atoms with Crippen LogP contribution in [0.1, 0.15) is 17.5 Å². The summed E-state index contributed by atoms with van der Waals surface area (Å²) in [7, 11) is 0. The van der Waals surface area contributed by atoms with E-state index in [4.69, 9.17) is 0 Å². The zero-order valence-electron chi connectivity index (χ0n) is 8.45. The summed E-state index contributed by atoms with van der Waals surface area (Å²) >= 11 is 1.74. The number of aromatic nitrogens is 1. The molecule has 0 saturated carbocycles. The van der Waals surface area contributed by atoms with Gasteiger partial charge in [-0.1, -0.05) is 31.2 Å². The first-order valence-corrected chi connectivity index (χ1v) is 5.63. The van der Waals surface area contributed by atoms with Crippen molar-refractivity contribution in [2.75, 3.05) is 0 Å². The molecule has 14 heavy (non-hydrogen) atoms. The minimum absolute atomic E-state index is 1.10. The standard InChI is InChI=1S/C12H13NS/c1-3-10-4-6-11(7-5-10)12-8-13-9(2)14-12/h4-8H,3H2,1-2H3. The van der Waals surface area contributed by atoms with Crippen molar-refractivity contribution in [2.45, 2.75) is 20.3 Å². The van der Waals surface area contributed by atoms with Crippen molar-refractivity contribution in [2.24, 2.45) is 0 Å². The van der Waals surface area contributed by atoms with E-state index in [1.165, 1.54) is 16.0 Å². The molecule has 1 aromatic carbocycles. The molecule has 0 N–H and O–H groups in total. The quantitative estimate of drug-likeness (QED) is 0.725. The van der Waals surface area contributed by atoms with Gasteiger partial charge in [-0.25, -0.2) is 4.98 Å². The lowest BCUT2D eigenvalue weighted by Gasteiger charge is -1.98. The number of nitrogens with zero attached hydrogens (tertiary/aromatic N) is 1. The molecule has 72 valence electrons. The van der Waals surface area contributed by atoms with Crippen LogP contribution in [-0.2, 0) is 6.42 Å². The summed E-state index contributed by atoms with van der Waals surface area (Å²) in [5.41, 5.74) is 2.66.